The Morgan fingerprint density at radius 2 is 1.96 bits per heavy atom. The standard InChI is InChI=1S/C17H18ClN3O2/c18-13-8-6-11(7-9-13)15-19-16(23-20-15)14-3-1-2-10-21(14)17(22)12-4-5-12/h6-9,12,14H,1-5,10H2/t14-/m1/s1. The first-order valence-electron chi connectivity index (χ1n) is 8.12. The zero-order chi connectivity index (χ0) is 15.8. The number of piperidine rings is 1. The number of carbonyl (C=O) groups excluding carboxylic acids is 1. The van der Waals surface area contributed by atoms with E-state index in [2.05, 4.69) is 10.1 Å². The number of hydrogen-bond donors (Lipinski definition) is 0. The molecule has 0 N–H and O–H groups in total. The molecule has 1 aromatic heterocycles. The molecule has 23 heavy (non-hydrogen) atoms. The molecule has 0 radical (unpaired) electrons. The van der Waals surface area contributed by atoms with Crippen LogP contribution in [0.5, 0.6) is 0 Å². The Balaban J connectivity index is 1.58. The topological polar surface area (TPSA) is 59.2 Å². The highest BCUT2D eigenvalue weighted by molar-refractivity contribution is 6.30. The summed E-state index contributed by atoms with van der Waals surface area (Å²) in [7, 11) is 0. The molecule has 2 aromatic rings. The minimum absolute atomic E-state index is 0.0783. The van der Waals surface area contributed by atoms with E-state index in [1.807, 2.05) is 17.0 Å². The van der Waals surface area contributed by atoms with E-state index in [0.29, 0.717) is 16.7 Å². The second-order valence-electron chi connectivity index (χ2n) is 6.28. The second kappa shape index (κ2) is 5.96. The van der Waals surface area contributed by atoms with E-state index in [-0.39, 0.29) is 17.9 Å². The summed E-state index contributed by atoms with van der Waals surface area (Å²) in [5, 5.41) is 4.75. The van der Waals surface area contributed by atoms with Crippen LogP contribution < -0.4 is 0 Å². The maximum Gasteiger partial charge on any atom is 0.249 e. The van der Waals surface area contributed by atoms with Crippen LogP contribution in [0.15, 0.2) is 28.8 Å². The Bertz CT molecular complexity index is 709. The molecule has 6 heteroatoms. The third-order valence-electron chi connectivity index (χ3n) is 4.54. The summed E-state index contributed by atoms with van der Waals surface area (Å²) in [6.45, 7) is 0.790. The van der Waals surface area contributed by atoms with Gasteiger partial charge in [0, 0.05) is 23.0 Å². The van der Waals surface area contributed by atoms with Crippen molar-refractivity contribution in [2.75, 3.05) is 6.54 Å². The quantitative estimate of drug-likeness (QED) is 0.857. The van der Waals surface area contributed by atoms with Crippen molar-refractivity contribution in [2.45, 2.75) is 38.1 Å². The third kappa shape index (κ3) is 2.98. The fraction of sp³-hybridized carbons (Fsp3) is 0.471. The molecule has 2 aliphatic rings. The van der Waals surface area contributed by atoms with Crippen LogP contribution in [0.1, 0.15) is 44.0 Å². The summed E-state index contributed by atoms with van der Waals surface area (Å²) in [4.78, 5) is 19.0. The molecule has 1 aliphatic carbocycles. The molecule has 0 bridgehead atoms. The SMILES string of the molecule is O=C(C1CC1)N1CCCC[C@@H]1c1nc(-c2ccc(Cl)cc2)no1. The summed E-state index contributed by atoms with van der Waals surface area (Å²) >= 11 is 5.91. The number of hydrogen-bond acceptors (Lipinski definition) is 4. The lowest BCUT2D eigenvalue weighted by atomic mass is 10.0. The molecular weight excluding hydrogens is 314 g/mol. The first-order valence-corrected chi connectivity index (χ1v) is 8.50. The van der Waals surface area contributed by atoms with Crippen LogP contribution in [-0.4, -0.2) is 27.5 Å². The van der Waals surface area contributed by atoms with Crippen LogP contribution in [0.4, 0.5) is 0 Å². The van der Waals surface area contributed by atoms with Crippen molar-refractivity contribution in [1.82, 2.24) is 15.0 Å². The monoisotopic (exact) mass is 331 g/mol. The van der Waals surface area contributed by atoms with Crippen LogP contribution >= 0.6 is 11.6 Å². The average Bonchev–Trinajstić information content (AvgIpc) is 3.32. The first-order chi connectivity index (χ1) is 11.2. The summed E-state index contributed by atoms with van der Waals surface area (Å²) in [6, 6.07) is 7.26. The van der Waals surface area contributed by atoms with Gasteiger partial charge in [-0.25, -0.2) is 0 Å². The molecule has 1 saturated heterocycles. The second-order valence-corrected chi connectivity index (χ2v) is 6.72. The molecular formula is C17H18ClN3O2. The summed E-state index contributed by atoms with van der Waals surface area (Å²) in [5.41, 5.74) is 0.861. The van der Waals surface area contributed by atoms with Gasteiger partial charge in [-0.3, -0.25) is 4.79 Å². The summed E-state index contributed by atoms with van der Waals surface area (Å²) in [5.74, 6) is 1.56. The van der Waals surface area contributed by atoms with Crippen molar-refractivity contribution < 1.29 is 9.32 Å². The smallest absolute Gasteiger partial charge is 0.249 e. The Kier molecular flexibility index (Phi) is 3.81. The Labute approximate surface area is 139 Å². The molecule has 0 unspecified atom stereocenters. The van der Waals surface area contributed by atoms with Gasteiger partial charge in [0.2, 0.25) is 17.6 Å². The molecule has 1 aromatic carbocycles. The van der Waals surface area contributed by atoms with Crippen LogP contribution in [0.3, 0.4) is 0 Å². The van der Waals surface area contributed by atoms with Crippen LogP contribution in [0.25, 0.3) is 11.4 Å². The Morgan fingerprint density at radius 3 is 2.70 bits per heavy atom. The molecule has 1 amide bonds. The van der Waals surface area contributed by atoms with Crippen molar-refractivity contribution in [3.8, 4) is 11.4 Å². The fourth-order valence-corrected chi connectivity index (χ4v) is 3.23. The number of aromatic nitrogens is 2. The van der Waals surface area contributed by atoms with Gasteiger partial charge < -0.3 is 9.42 Å². The van der Waals surface area contributed by atoms with Gasteiger partial charge in [-0.1, -0.05) is 16.8 Å². The van der Waals surface area contributed by atoms with Crippen LogP contribution in [0.2, 0.25) is 5.02 Å². The van der Waals surface area contributed by atoms with Crippen molar-refractivity contribution in [3.63, 3.8) is 0 Å². The van der Waals surface area contributed by atoms with E-state index >= 15 is 0 Å². The largest absolute Gasteiger partial charge is 0.337 e. The maximum absolute atomic E-state index is 12.5. The number of rotatable bonds is 3. The molecule has 0 spiro atoms. The highest BCUT2D eigenvalue weighted by Gasteiger charge is 2.39. The van der Waals surface area contributed by atoms with Gasteiger partial charge in [-0.15, -0.1) is 0 Å². The van der Waals surface area contributed by atoms with Gasteiger partial charge in [-0.2, -0.15) is 4.98 Å². The molecule has 2 fully saturated rings. The van der Waals surface area contributed by atoms with Gasteiger partial charge in [-0.05, 0) is 56.4 Å². The van der Waals surface area contributed by atoms with E-state index in [4.69, 9.17) is 16.1 Å². The predicted molar refractivity (Wildman–Crippen MR) is 85.8 cm³/mol. The molecule has 1 saturated carbocycles. The average molecular weight is 332 g/mol. The van der Waals surface area contributed by atoms with Crippen LogP contribution in [0, 0.1) is 5.92 Å². The lowest BCUT2D eigenvalue weighted by Crippen LogP contribution is -2.39. The van der Waals surface area contributed by atoms with E-state index in [1.54, 1.807) is 12.1 Å². The highest BCUT2D eigenvalue weighted by Crippen LogP contribution is 2.37. The van der Waals surface area contributed by atoms with Crippen LogP contribution in [-0.2, 0) is 4.79 Å². The molecule has 5 nitrogen and oxygen atoms in total. The van der Waals surface area contributed by atoms with Crippen molar-refractivity contribution >= 4 is 17.5 Å². The normalized spacial score (nSPS) is 21.4. The van der Waals surface area contributed by atoms with E-state index in [0.717, 1.165) is 44.2 Å². The molecule has 2 heterocycles. The van der Waals surface area contributed by atoms with Gasteiger partial charge in [0.05, 0.1) is 0 Å². The highest BCUT2D eigenvalue weighted by atomic mass is 35.5. The van der Waals surface area contributed by atoms with Gasteiger partial charge in [0.25, 0.3) is 0 Å². The van der Waals surface area contributed by atoms with Gasteiger partial charge in [0.1, 0.15) is 6.04 Å². The Hall–Kier alpha value is -1.88. The van der Waals surface area contributed by atoms with Crippen molar-refractivity contribution in [1.29, 1.82) is 0 Å². The van der Waals surface area contributed by atoms with Crippen molar-refractivity contribution in [2.24, 2.45) is 5.92 Å². The predicted octanol–water partition coefficient (Wildman–Crippen LogP) is 3.85. The lowest BCUT2D eigenvalue weighted by molar-refractivity contribution is -0.137. The fourth-order valence-electron chi connectivity index (χ4n) is 3.10. The molecule has 1 atom stereocenters. The zero-order valence-electron chi connectivity index (χ0n) is 12.7. The number of halogens is 1. The number of nitrogens with zero attached hydrogens (tertiary/aromatic N) is 3. The molecule has 120 valence electrons. The van der Waals surface area contributed by atoms with Gasteiger partial charge in [0.15, 0.2) is 0 Å². The third-order valence-corrected chi connectivity index (χ3v) is 4.79. The number of likely N-dealkylation sites (tertiary alicyclic amines) is 1. The number of benzene rings is 1. The van der Waals surface area contributed by atoms with E-state index in [9.17, 15) is 4.79 Å². The zero-order valence-corrected chi connectivity index (χ0v) is 13.5. The lowest BCUT2D eigenvalue weighted by Gasteiger charge is -2.33. The summed E-state index contributed by atoms with van der Waals surface area (Å²) in [6.07, 6.45) is 5.05. The van der Waals surface area contributed by atoms with E-state index in [1.165, 1.54) is 0 Å². The number of carbonyl (C=O) groups is 1. The van der Waals surface area contributed by atoms with Gasteiger partial charge >= 0.3 is 0 Å². The Morgan fingerprint density at radius 1 is 1.17 bits per heavy atom. The first kappa shape index (κ1) is 14.7. The molecule has 1 aliphatic heterocycles. The van der Waals surface area contributed by atoms with Crippen molar-refractivity contribution in [3.05, 3.63) is 35.2 Å². The summed E-state index contributed by atoms with van der Waals surface area (Å²) < 4.78 is 5.48. The minimum atomic E-state index is -0.0783. The maximum atomic E-state index is 12.5. The number of amides is 1. The molecule has 4 rings (SSSR count). The van der Waals surface area contributed by atoms with E-state index < -0.39 is 0 Å². The minimum Gasteiger partial charge on any atom is -0.337 e.